The summed E-state index contributed by atoms with van der Waals surface area (Å²) >= 11 is 1.50. The van der Waals surface area contributed by atoms with Crippen molar-refractivity contribution < 1.29 is 4.74 Å². The van der Waals surface area contributed by atoms with Crippen LogP contribution in [0, 0.1) is 0 Å². The Morgan fingerprint density at radius 3 is 3.00 bits per heavy atom. The molecule has 0 radical (unpaired) electrons. The fourth-order valence-corrected chi connectivity index (χ4v) is 1.66. The lowest BCUT2D eigenvalue weighted by atomic mass is 10.3. The van der Waals surface area contributed by atoms with Crippen LogP contribution < -0.4 is 11.2 Å². The Hall–Kier alpha value is -0.200. The van der Waals surface area contributed by atoms with Crippen LogP contribution in [0.2, 0.25) is 0 Å². The molecule has 1 aliphatic rings. The van der Waals surface area contributed by atoms with Crippen molar-refractivity contribution in [3.8, 4) is 0 Å². The average molecular weight is 296 g/mol. The topological polar surface area (TPSA) is 59.6 Å². The van der Waals surface area contributed by atoms with Crippen molar-refractivity contribution in [1.82, 2.24) is 5.43 Å². The Balaban J connectivity index is 0.00000196. The highest BCUT2D eigenvalue weighted by Crippen LogP contribution is 2.20. The van der Waals surface area contributed by atoms with Gasteiger partial charge in [0.15, 0.2) is 5.17 Å². The van der Waals surface area contributed by atoms with Crippen LogP contribution in [0.15, 0.2) is 16.2 Å². The highest BCUT2D eigenvalue weighted by molar-refractivity contribution is 8.93. The molecule has 0 saturated heterocycles. The molecule has 0 bridgehead atoms. The average Bonchev–Trinajstić information content (AvgIpc) is 2.18. The van der Waals surface area contributed by atoms with Crippen molar-refractivity contribution in [2.24, 2.45) is 10.8 Å². The van der Waals surface area contributed by atoms with Crippen LogP contribution in [0.5, 0.6) is 0 Å². The number of thioether (sulfide) groups is 1. The molecule has 15 heavy (non-hydrogen) atoms. The summed E-state index contributed by atoms with van der Waals surface area (Å²) in [5, 5.41) is 4.39. The fraction of sp³-hybridized carbons (Fsp3) is 0.667. The molecule has 1 heterocycles. The fourth-order valence-electron chi connectivity index (χ4n) is 0.999. The number of ether oxygens (including phenoxy) is 1. The maximum absolute atomic E-state index is 5.55. The van der Waals surface area contributed by atoms with E-state index < -0.39 is 0 Å². The first kappa shape index (κ1) is 14.8. The Bertz CT molecular complexity index is 233. The zero-order valence-electron chi connectivity index (χ0n) is 8.86. The highest BCUT2D eigenvalue weighted by atomic mass is 79.9. The van der Waals surface area contributed by atoms with E-state index in [0.717, 1.165) is 26.1 Å². The van der Waals surface area contributed by atoms with Gasteiger partial charge in [-0.1, -0.05) is 25.1 Å². The van der Waals surface area contributed by atoms with Crippen molar-refractivity contribution in [2.75, 3.05) is 13.2 Å². The van der Waals surface area contributed by atoms with Gasteiger partial charge in [-0.15, -0.1) is 17.0 Å². The van der Waals surface area contributed by atoms with Gasteiger partial charge >= 0.3 is 0 Å². The normalized spacial score (nSPS) is 14.7. The molecule has 88 valence electrons. The second kappa shape index (κ2) is 9.06. The first-order chi connectivity index (χ1) is 6.83. The Kier molecular flexibility index (Phi) is 8.94. The van der Waals surface area contributed by atoms with E-state index in [4.69, 9.17) is 10.5 Å². The van der Waals surface area contributed by atoms with Gasteiger partial charge in [0.05, 0.1) is 6.61 Å². The predicted octanol–water partition coefficient (Wildman–Crippen LogP) is 2.18. The van der Waals surface area contributed by atoms with Crippen LogP contribution in [0.25, 0.3) is 0 Å². The van der Waals surface area contributed by atoms with Gasteiger partial charge in [-0.2, -0.15) is 5.10 Å². The van der Waals surface area contributed by atoms with Crippen LogP contribution in [0.1, 0.15) is 26.2 Å². The number of amidine groups is 1. The first-order valence-corrected chi connectivity index (χ1v) is 5.68. The van der Waals surface area contributed by atoms with Crippen LogP contribution in [-0.4, -0.2) is 18.4 Å². The van der Waals surface area contributed by atoms with Crippen molar-refractivity contribution >= 4 is 33.9 Å². The third-order valence-corrected chi connectivity index (χ3v) is 2.66. The second-order valence-corrected chi connectivity index (χ2v) is 4.15. The number of unbranched alkanes of at least 4 members (excludes halogenated alkanes) is 1. The number of halogens is 1. The third kappa shape index (κ3) is 6.81. The summed E-state index contributed by atoms with van der Waals surface area (Å²) in [4.78, 5) is 1.17. The number of nitrogens with two attached hydrogens (primary N) is 1. The minimum absolute atomic E-state index is 0. The Morgan fingerprint density at radius 2 is 2.33 bits per heavy atom. The first-order valence-electron chi connectivity index (χ1n) is 4.86. The van der Waals surface area contributed by atoms with Crippen molar-refractivity contribution in [3.63, 3.8) is 0 Å². The van der Waals surface area contributed by atoms with Gasteiger partial charge < -0.3 is 10.5 Å². The summed E-state index contributed by atoms with van der Waals surface area (Å²) < 4.78 is 5.45. The number of hydrazone groups is 1. The number of rotatable bonds is 6. The summed E-state index contributed by atoms with van der Waals surface area (Å²) in [6.45, 7) is 3.77. The minimum Gasteiger partial charge on any atom is -0.381 e. The lowest BCUT2D eigenvalue weighted by molar-refractivity contribution is 0.135. The molecule has 0 atom stereocenters. The molecular weight excluding hydrogens is 278 g/mol. The largest absolute Gasteiger partial charge is 0.381 e. The number of nitrogens with zero attached hydrogens (tertiary/aromatic N) is 1. The van der Waals surface area contributed by atoms with E-state index in [9.17, 15) is 0 Å². The van der Waals surface area contributed by atoms with E-state index in [1.54, 1.807) is 0 Å². The van der Waals surface area contributed by atoms with Crippen LogP contribution >= 0.6 is 28.7 Å². The molecule has 0 aromatic rings. The van der Waals surface area contributed by atoms with Crippen LogP contribution in [0.4, 0.5) is 0 Å². The molecule has 0 aliphatic carbocycles. The molecule has 0 unspecified atom stereocenters. The van der Waals surface area contributed by atoms with E-state index in [-0.39, 0.29) is 17.0 Å². The lowest BCUT2D eigenvalue weighted by Gasteiger charge is -2.11. The van der Waals surface area contributed by atoms with Gasteiger partial charge in [-0.3, -0.25) is 5.43 Å². The molecule has 1 aliphatic heterocycles. The maximum Gasteiger partial charge on any atom is 0.182 e. The number of hydrogen-bond donors (Lipinski definition) is 2. The minimum atomic E-state index is 0. The quantitative estimate of drug-likeness (QED) is 0.738. The molecule has 0 aromatic heterocycles. The molecule has 3 N–H and O–H groups in total. The molecular formula is C9H18BrN3OS. The molecule has 6 heteroatoms. The standard InChI is InChI=1S/C9H17N3OS.BrH/c1-2-3-5-13-6-4-8-7-11-12-9(10)14-8;/h7,11H,2-6H2,1H3,(H2,10,12);1H. The summed E-state index contributed by atoms with van der Waals surface area (Å²) in [5.74, 6) is 0. The number of nitrogens with one attached hydrogen (secondary N) is 1. The van der Waals surface area contributed by atoms with Gasteiger partial charge in [0.2, 0.25) is 0 Å². The van der Waals surface area contributed by atoms with Gasteiger partial charge in [0, 0.05) is 24.1 Å². The van der Waals surface area contributed by atoms with Gasteiger partial charge in [-0.25, -0.2) is 0 Å². The molecule has 0 aromatic carbocycles. The lowest BCUT2D eigenvalue weighted by Crippen LogP contribution is -2.16. The molecule has 4 nitrogen and oxygen atoms in total. The van der Waals surface area contributed by atoms with E-state index in [2.05, 4.69) is 17.5 Å². The van der Waals surface area contributed by atoms with Gasteiger partial charge in [-0.05, 0) is 6.42 Å². The van der Waals surface area contributed by atoms with Gasteiger partial charge in [0.25, 0.3) is 0 Å². The monoisotopic (exact) mass is 295 g/mol. The van der Waals surface area contributed by atoms with Crippen LogP contribution in [0.3, 0.4) is 0 Å². The van der Waals surface area contributed by atoms with Crippen molar-refractivity contribution in [2.45, 2.75) is 26.2 Å². The summed E-state index contributed by atoms with van der Waals surface area (Å²) in [5.41, 5.74) is 8.31. The third-order valence-electron chi connectivity index (χ3n) is 1.77. The Labute approximate surface area is 105 Å². The SMILES string of the molecule is Br.CCCCOCCC1=CNN=C(N)S1. The van der Waals surface area contributed by atoms with Crippen LogP contribution in [-0.2, 0) is 4.74 Å². The smallest absolute Gasteiger partial charge is 0.182 e. The van der Waals surface area contributed by atoms with E-state index in [0.29, 0.717) is 5.17 Å². The summed E-state index contributed by atoms with van der Waals surface area (Å²) in [6, 6.07) is 0. The van der Waals surface area contributed by atoms with Crippen molar-refractivity contribution in [1.29, 1.82) is 0 Å². The number of hydrogen-bond acceptors (Lipinski definition) is 5. The van der Waals surface area contributed by atoms with E-state index in [1.807, 2.05) is 6.20 Å². The Morgan fingerprint density at radius 1 is 1.53 bits per heavy atom. The maximum atomic E-state index is 5.55. The van der Waals surface area contributed by atoms with Crippen molar-refractivity contribution in [3.05, 3.63) is 11.1 Å². The predicted molar refractivity (Wildman–Crippen MR) is 71.1 cm³/mol. The zero-order valence-corrected chi connectivity index (χ0v) is 11.4. The second-order valence-electron chi connectivity index (χ2n) is 3.01. The summed E-state index contributed by atoms with van der Waals surface area (Å²) in [7, 11) is 0. The summed E-state index contributed by atoms with van der Waals surface area (Å²) in [6.07, 6.45) is 5.08. The molecule has 0 amide bonds. The highest BCUT2D eigenvalue weighted by Gasteiger charge is 2.05. The van der Waals surface area contributed by atoms with E-state index in [1.165, 1.54) is 23.1 Å². The molecule has 0 saturated carbocycles. The molecule has 0 spiro atoms. The zero-order chi connectivity index (χ0) is 10.2. The molecule has 1 rings (SSSR count). The van der Waals surface area contributed by atoms with Gasteiger partial charge in [0.1, 0.15) is 0 Å². The molecule has 0 fully saturated rings. The van der Waals surface area contributed by atoms with E-state index >= 15 is 0 Å².